The van der Waals surface area contributed by atoms with Crippen molar-refractivity contribution in [3.63, 3.8) is 0 Å². The van der Waals surface area contributed by atoms with E-state index in [9.17, 15) is 0 Å². The number of rotatable bonds is 3. The Bertz CT molecular complexity index is 323. The third-order valence-electron chi connectivity index (χ3n) is 1.31. The van der Waals surface area contributed by atoms with Crippen molar-refractivity contribution >= 4 is 29.6 Å². The van der Waals surface area contributed by atoms with Gasteiger partial charge in [0, 0.05) is 12.7 Å². The van der Waals surface area contributed by atoms with Gasteiger partial charge in [0.2, 0.25) is 0 Å². The van der Waals surface area contributed by atoms with Crippen LogP contribution in [-0.2, 0) is 0 Å². The van der Waals surface area contributed by atoms with Crippen LogP contribution in [0.25, 0.3) is 0 Å². The molecule has 0 saturated carbocycles. The van der Waals surface area contributed by atoms with Crippen molar-refractivity contribution in [3.8, 4) is 0 Å². The predicted molar refractivity (Wildman–Crippen MR) is 53.3 cm³/mol. The Morgan fingerprint density at radius 1 is 1.69 bits per heavy atom. The SMILES string of the molecule is OCCNc1[nH]ccc(=S)c1Cl.[H-].[Na+]. The molecule has 3 nitrogen and oxygen atoms in total. The molecule has 0 unspecified atom stereocenters. The van der Waals surface area contributed by atoms with E-state index >= 15 is 0 Å². The van der Waals surface area contributed by atoms with Crippen LogP contribution in [0.15, 0.2) is 12.3 Å². The topological polar surface area (TPSA) is 48.0 Å². The zero-order valence-corrected chi connectivity index (χ0v) is 10.9. The smallest absolute Gasteiger partial charge is 1.00 e. The normalized spacial score (nSPS) is 9.08. The number of hydrogen-bond acceptors (Lipinski definition) is 3. The molecule has 1 rings (SSSR count). The molecule has 13 heavy (non-hydrogen) atoms. The second kappa shape index (κ2) is 6.81. The molecule has 1 aromatic heterocycles. The van der Waals surface area contributed by atoms with Gasteiger partial charge in [0.25, 0.3) is 0 Å². The van der Waals surface area contributed by atoms with Gasteiger partial charge in [-0.3, -0.25) is 0 Å². The van der Waals surface area contributed by atoms with Gasteiger partial charge in [-0.25, -0.2) is 0 Å². The zero-order chi connectivity index (χ0) is 8.97. The fraction of sp³-hybridized carbons (Fsp3) is 0.286. The summed E-state index contributed by atoms with van der Waals surface area (Å²) in [4.78, 5) is 2.89. The Balaban J connectivity index is 0. The Hall–Kier alpha value is 0.420. The summed E-state index contributed by atoms with van der Waals surface area (Å²) in [6.45, 7) is 0.515. The van der Waals surface area contributed by atoms with Crippen LogP contribution in [0.5, 0.6) is 0 Å². The quantitative estimate of drug-likeness (QED) is 0.456. The summed E-state index contributed by atoms with van der Waals surface area (Å²) in [6.07, 6.45) is 1.70. The molecule has 0 radical (unpaired) electrons. The van der Waals surface area contributed by atoms with Gasteiger partial charge in [-0.05, 0) is 6.07 Å². The Kier molecular flexibility index (Phi) is 7.03. The number of aliphatic hydroxyl groups excluding tert-OH is 1. The number of halogens is 1. The van der Waals surface area contributed by atoms with E-state index in [1.54, 1.807) is 12.3 Å². The molecule has 6 heteroatoms. The van der Waals surface area contributed by atoms with Crippen molar-refractivity contribution in [1.82, 2.24) is 4.98 Å². The summed E-state index contributed by atoms with van der Waals surface area (Å²) >= 11 is 10.8. The Morgan fingerprint density at radius 3 is 3.00 bits per heavy atom. The van der Waals surface area contributed by atoms with Gasteiger partial charge in [-0.2, -0.15) is 0 Å². The summed E-state index contributed by atoms with van der Waals surface area (Å²) < 4.78 is 0.593. The van der Waals surface area contributed by atoms with Crippen molar-refractivity contribution in [2.75, 3.05) is 18.5 Å². The maximum atomic E-state index is 8.54. The van der Waals surface area contributed by atoms with E-state index in [0.29, 0.717) is 21.9 Å². The summed E-state index contributed by atoms with van der Waals surface area (Å²) in [6, 6.07) is 1.71. The molecule has 0 bridgehead atoms. The molecule has 1 aromatic rings. The fourth-order valence-corrected chi connectivity index (χ4v) is 1.12. The van der Waals surface area contributed by atoms with Crippen LogP contribution in [-0.4, -0.2) is 23.2 Å². The average molecular weight is 229 g/mol. The molecule has 0 aliphatic carbocycles. The molecule has 0 atom stereocenters. The van der Waals surface area contributed by atoms with Crippen LogP contribution in [0.3, 0.4) is 0 Å². The Morgan fingerprint density at radius 2 is 2.38 bits per heavy atom. The minimum atomic E-state index is 0. The fourth-order valence-electron chi connectivity index (χ4n) is 0.770. The number of pyridine rings is 1. The van der Waals surface area contributed by atoms with E-state index < -0.39 is 0 Å². The first-order valence-electron chi connectivity index (χ1n) is 3.47. The monoisotopic (exact) mass is 228 g/mol. The molecule has 0 aromatic carbocycles. The van der Waals surface area contributed by atoms with Crippen LogP contribution in [0.4, 0.5) is 5.82 Å². The van der Waals surface area contributed by atoms with Crippen molar-refractivity contribution in [2.24, 2.45) is 0 Å². The summed E-state index contributed by atoms with van der Waals surface area (Å²) in [5, 5.41) is 11.9. The van der Waals surface area contributed by atoms with Gasteiger partial charge >= 0.3 is 29.6 Å². The predicted octanol–water partition coefficient (Wildman–Crippen LogP) is -1.08. The molecule has 1 heterocycles. The van der Waals surface area contributed by atoms with Gasteiger partial charge in [0.1, 0.15) is 5.82 Å². The molecule has 0 spiro atoms. The van der Waals surface area contributed by atoms with E-state index in [4.69, 9.17) is 28.9 Å². The molecule has 0 aliphatic rings. The van der Waals surface area contributed by atoms with E-state index in [-0.39, 0.29) is 37.6 Å². The Labute approximate surface area is 110 Å². The molecule has 0 fully saturated rings. The van der Waals surface area contributed by atoms with Gasteiger partial charge in [-0.15, -0.1) is 0 Å². The van der Waals surface area contributed by atoms with Crippen molar-refractivity contribution < 1.29 is 36.1 Å². The molecular formula is C7H10ClN2NaOS. The number of aliphatic hydroxyl groups is 1. The van der Waals surface area contributed by atoms with Crippen LogP contribution in [0.2, 0.25) is 5.02 Å². The number of aromatic nitrogens is 1. The van der Waals surface area contributed by atoms with Gasteiger partial charge < -0.3 is 16.8 Å². The molecular weight excluding hydrogens is 219 g/mol. The number of aromatic amines is 1. The molecule has 3 N–H and O–H groups in total. The van der Waals surface area contributed by atoms with Crippen LogP contribution in [0.1, 0.15) is 1.43 Å². The first-order valence-corrected chi connectivity index (χ1v) is 4.26. The molecule has 68 valence electrons. The second-order valence-electron chi connectivity index (χ2n) is 2.18. The van der Waals surface area contributed by atoms with Crippen LogP contribution in [0, 0.1) is 4.51 Å². The van der Waals surface area contributed by atoms with Gasteiger partial charge in [-0.1, -0.05) is 23.8 Å². The zero-order valence-electron chi connectivity index (χ0n) is 8.30. The maximum absolute atomic E-state index is 8.54. The minimum absolute atomic E-state index is 0. The maximum Gasteiger partial charge on any atom is 1.00 e. The number of hydrogen-bond donors (Lipinski definition) is 3. The minimum Gasteiger partial charge on any atom is -1.00 e. The largest absolute Gasteiger partial charge is 1.00 e. The van der Waals surface area contributed by atoms with Gasteiger partial charge in [0.15, 0.2) is 0 Å². The average Bonchev–Trinajstić information content (AvgIpc) is 2.08. The third-order valence-corrected chi connectivity index (χ3v) is 2.16. The summed E-state index contributed by atoms with van der Waals surface area (Å²) in [5.41, 5.74) is 0. The standard InChI is InChI=1S/C7H9ClN2OS.Na.H/c8-6-5(12)1-2-9-7(6)10-3-4-11;;/h1-2,11H,3-4H2,(H2,9,10,12);;/q;+1;-1. The summed E-state index contributed by atoms with van der Waals surface area (Å²) in [7, 11) is 0. The number of H-pyrrole nitrogens is 1. The molecule has 0 aliphatic heterocycles. The third kappa shape index (κ3) is 3.97. The van der Waals surface area contributed by atoms with E-state index in [2.05, 4.69) is 10.3 Å². The molecule has 0 saturated heterocycles. The molecule has 0 amide bonds. The van der Waals surface area contributed by atoms with Crippen molar-refractivity contribution in [3.05, 3.63) is 21.8 Å². The van der Waals surface area contributed by atoms with E-state index in [1.165, 1.54) is 0 Å². The second-order valence-corrected chi connectivity index (χ2v) is 3.00. The first kappa shape index (κ1) is 13.4. The van der Waals surface area contributed by atoms with Gasteiger partial charge in [0.05, 0.1) is 16.1 Å². The van der Waals surface area contributed by atoms with E-state index in [0.717, 1.165) is 0 Å². The first-order chi connectivity index (χ1) is 5.75. The summed E-state index contributed by atoms with van der Waals surface area (Å²) in [5.74, 6) is 0.651. The number of anilines is 1. The van der Waals surface area contributed by atoms with Crippen LogP contribution < -0.4 is 34.9 Å². The van der Waals surface area contributed by atoms with Crippen LogP contribution >= 0.6 is 23.8 Å². The van der Waals surface area contributed by atoms with Crippen molar-refractivity contribution in [2.45, 2.75) is 0 Å². The van der Waals surface area contributed by atoms with E-state index in [1.807, 2.05) is 0 Å². The number of nitrogens with one attached hydrogen (secondary N) is 2. The van der Waals surface area contributed by atoms with Crippen molar-refractivity contribution in [1.29, 1.82) is 0 Å².